The SMILES string of the molecule is Cc1ccc(S(=O)(=O)Nc2ccc(NC(=O)C(C)(C)C)cc2)cc1. The van der Waals surface area contributed by atoms with Gasteiger partial charge in [-0.05, 0) is 43.3 Å². The molecule has 2 aromatic carbocycles. The van der Waals surface area contributed by atoms with Gasteiger partial charge < -0.3 is 5.32 Å². The zero-order valence-electron chi connectivity index (χ0n) is 14.3. The van der Waals surface area contributed by atoms with Gasteiger partial charge in [-0.1, -0.05) is 38.5 Å². The van der Waals surface area contributed by atoms with E-state index < -0.39 is 15.4 Å². The van der Waals surface area contributed by atoms with E-state index in [0.717, 1.165) is 5.56 Å². The van der Waals surface area contributed by atoms with Crippen molar-refractivity contribution in [3.8, 4) is 0 Å². The average Bonchev–Trinajstić information content (AvgIpc) is 2.48. The standard InChI is InChI=1S/C18H22N2O3S/c1-13-5-11-16(12-6-13)24(22,23)20-15-9-7-14(8-10-15)19-17(21)18(2,3)4/h5-12,20H,1-4H3,(H,19,21). The van der Waals surface area contributed by atoms with Crippen LogP contribution in [-0.4, -0.2) is 14.3 Å². The zero-order valence-corrected chi connectivity index (χ0v) is 15.1. The number of nitrogens with one attached hydrogen (secondary N) is 2. The number of hydrogen-bond acceptors (Lipinski definition) is 3. The molecule has 0 saturated heterocycles. The summed E-state index contributed by atoms with van der Waals surface area (Å²) in [6, 6.07) is 13.2. The van der Waals surface area contributed by atoms with Crippen LogP contribution in [0.1, 0.15) is 26.3 Å². The van der Waals surface area contributed by atoms with Gasteiger partial charge in [-0.2, -0.15) is 0 Å². The van der Waals surface area contributed by atoms with Crippen LogP contribution in [0.15, 0.2) is 53.4 Å². The molecule has 0 unspecified atom stereocenters. The van der Waals surface area contributed by atoms with Crippen molar-refractivity contribution in [2.45, 2.75) is 32.6 Å². The second-order valence-electron chi connectivity index (χ2n) is 6.70. The summed E-state index contributed by atoms with van der Waals surface area (Å²) in [5.41, 5.74) is 1.55. The van der Waals surface area contributed by atoms with E-state index in [1.807, 2.05) is 27.7 Å². The van der Waals surface area contributed by atoms with Crippen molar-refractivity contribution in [2.75, 3.05) is 10.0 Å². The fourth-order valence-electron chi connectivity index (χ4n) is 1.87. The smallest absolute Gasteiger partial charge is 0.261 e. The van der Waals surface area contributed by atoms with Gasteiger partial charge in [0.05, 0.1) is 4.90 Å². The second-order valence-corrected chi connectivity index (χ2v) is 8.38. The van der Waals surface area contributed by atoms with Gasteiger partial charge in [0, 0.05) is 16.8 Å². The molecule has 0 bridgehead atoms. The Morgan fingerprint density at radius 3 is 1.88 bits per heavy atom. The molecule has 6 heteroatoms. The van der Waals surface area contributed by atoms with Crippen LogP contribution in [0.2, 0.25) is 0 Å². The van der Waals surface area contributed by atoms with Crippen molar-refractivity contribution in [3.63, 3.8) is 0 Å². The minimum atomic E-state index is -3.63. The number of sulfonamides is 1. The topological polar surface area (TPSA) is 75.3 Å². The first kappa shape index (κ1) is 18.0. The Bertz CT molecular complexity index is 818. The third-order valence-corrected chi connectivity index (χ3v) is 4.80. The number of benzene rings is 2. The summed E-state index contributed by atoms with van der Waals surface area (Å²) >= 11 is 0. The Hall–Kier alpha value is -2.34. The van der Waals surface area contributed by atoms with Crippen molar-refractivity contribution in [3.05, 3.63) is 54.1 Å². The lowest BCUT2D eigenvalue weighted by Crippen LogP contribution is -2.27. The molecule has 1 amide bonds. The van der Waals surface area contributed by atoms with Crippen molar-refractivity contribution >= 4 is 27.3 Å². The van der Waals surface area contributed by atoms with Gasteiger partial charge in [-0.3, -0.25) is 9.52 Å². The molecule has 0 heterocycles. The predicted molar refractivity (Wildman–Crippen MR) is 96.5 cm³/mol. The molecular formula is C18H22N2O3S. The Labute approximate surface area is 143 Å². The number of hydrogen-bond donors (Lipinski definition) is 2. The maximum absolute atomic E-state index is 12.3. The van der Waals surface area contributed by atoms with E-state index in [0.29, 0.717) is 11.4 Å². The van der Waals surface area contributed by atoms with E-state index in [1.165, 1.54) is 0 Å². The lowest BCUT2D eigenvalue weighted by Gasteiger charge is -2.17. The lowest BCUT2D eigenvalue weighted by molar-refractivity contribution is -0.123. The summed E-state index contributed by atoms with van der Waals surface area (Å²) in [5, 5.41) is 2.79. The van der Waals surface area contributed by atoms with Gasteiger partial charge in [-0.15, -0.1) is 0 Å². The summed E-state index contributed by atoms with van der Waals surface area (Å²) in [7, 11) is -3.63. The van der Waals surface area contributed by atoms with Crippen LogP contribution in [0.5, 0.6) is 0 Å². The monoisotopic (exact) mass is 346 g/mol. The Kier molecular flexibility index (Phi) is 4.99. The molecule has 2 rings (SSSR count). The minimum absolute atomic E-state index is 0.101. The fraction of sp³-hybridized carbons (Fsp3) is 0.278. The molecular weight excluding hydrogens is 324 g/mol. The van der Waals surface area contributed by atoms with Crippen LogP contribution in [0.4, 0.5) is 11.4 Å². The molecule has 128 valence electrons. The third-order valence-electron chi connectivity index (χ3n) is 3.41. The predicted octanol–water partition coefficient (Wildman–Crippen LogP) is 3.78. The molecule has 0 aliphatic rings. The minimum Gasteiger partial charge on any atom is -0.326 e. The van der Waals surface area contributed by atoms with Crippen LogP contribution in [0, 0.1) is 12.3 Å². The number of rotatable bonds is 4. The maximum Gasteiger partial charge on any atom is 0.261 e. The van der Waals surface area contributed by atoms with Gasteiger partial charge in [0.1, 0.15) is 0 Å². The van der Waals surface area contributed by atoms with Gasteiger partial charge >= 0.3 is 0 Å². The first-order valence-electron chi connectivity index (χ1n) is 7.59. The molecule has 0 aliphatic carbocycles. The number of carbonyl (C=O) groups is 1. The normalized spacial score (nSPS) is 11.8. The first-order chi connectivity index (χ1) is 11.1. The number of carbonyl (C=O) groups excluding carboxylic acids is 1. The number of aryl methyl sites for hydroxylation is 1. The summed E-state index contributed by atoms with van der Waals surface area (Å²) in [6.07, 6.45) is 0. The highest BCUT2D eigenvalue weighted by Crippen LogP contribution is 2.21. The second kappa shape index (κ2) is 6.65. The quantitative estimate of drug-likeness (QED) is 0.884. The summed E-state index contributed by atoms with van der Waals surface area (Å²) in [5.74, 6) is -0.101. The Morgan fingerprint density at radius 2 is 1.38 bits per heavy atom. The van der Waals surface area contributed by atoms with E-state index in [-0.39, 0.29) is 10.8 Å². The Balaban J connectivity index is 2.11. The molecule has 5 nitrogen and oxygen atoms in total. The largest absolute Gasteiger partial charge is 0.326 e. The molecule has 24 heavy (non-hydrogen) atoms. The van der Waals surface area contributed by atoms with Crippen LogP contribution < -0.4 is 10.0 Å². The molecule has 0 radical (unpaired) electrons. The van der Waals surface area contributed by atoms with Crippen LogP contribution >= 0.6 is 0 Å². The van der Waals surface area contributed by atoms with Gasteiger partial charge in [0.15, 0.2) is 0 Å². The van der Waals surface area contributed by atoms with Crippen molar-refractivity contribution in [1.82, 2.24) is 0 Å². The molecule has 0 aromatic heterocycles. The highest BCUT2D eigenvalue weighted by atomic mass is 32.2. The van der Waals surface area contributed by atoms with Gasteiger partial charge in [-0.25, -0.2) is 8.42 Å². The van der Waals surface area contributed by atoms with E-state index in [9.17, 15) is 13.2 Å². The first-order valence-corrected chi connectivity index (χ1v) is 9.07. The molecule has 2 N–H and O–H groups in total. The van der Waals surface area contributed by atoms with E-state index in [1.54, 1.807) is 48.5 Å². The average molecular weight is 346 g/mol. The van der Waals surface area contributed by atoms with E-state index in [4.69, 9.17) is 0 Å². The van der Waals surface area contributed by atoms with Crippen LogP contribution in [0.25, 0.3) is 0 Å². The number of amides is 1. The maximum atomic E-state index is 12.3. The summed E-state index contributed by atoms with van der Waals surface area (Å²) in [4.78, 5) is 12.1. The van der Waals surface area contributed by atoms with Crippen LogP contribution in [0.3, 0.4) is 0 Å². The lowest BCUT2D eigenvalue weighted by atomic mass is 9.95. The highest BCUT2D eigenvalue weighted by Gasteiger charge is 2.21. The molecule has 0 saturated carbocycles. The zero-order chi connectivity index (χ0) is 18.0. The summed E-state index contributed by atoms with van der Waals surface area (Å²) in [6.45, 7) is 7.37. The summed E-state index contributed by atoms with van der Waals surface area (Å²) < 4.78 is 27.2. The van der Waals surface area contributed by atoms with Gasteiger partial charge in [0.25, 0.3) is 10.0 Å². The molecule has 0 fully saturated rings. The Morgan fingerprint density at radius 1 is 0.875 bits per heavy atom. The van der Waals surface area contributed by atoms with Crippen LogP contribution in [-0.2, 0) is 14.8 Å². The third kappa shape index (κ3) is 4.58. The van der Waals surface area contributed by atoms with E-state index in [2.05, 4.69) is 10.0 Å². The highest BCUT2D eigenvalue weighted by molar-refractivity contribution is 7.92. The number of anilines is 2. The molecule has 0 spiro atoms. The van der Waals surface area contributed by atoms with Gasteiger partial charge in [0.2, 0.25) is 5.91 Å². The molecule has 0 atom stereocenters. The van der Waals surface area contributed by atoms with Crippen molar-refractivity contribution in [1.29, 1.82) is 0 Å². The van der Waals surface area contributed by atoms with Crippen molar-refractivity contribution < 1.29 is 13.2 Å². The fourth-order valence-corrected chi connectivity index (χ4v) is 2.93. The molecule has 2 aromatic rings. The van der Waals surface area contributed by atoms with Crippen molar-refractivity contribution in [2.24, 2.45) is 5.41 Å². The van der Waals surface area contributed by atoms with E-state index >= 15 is 0 Å². The molecule has 0 aliphatic heterocycles.